The van der Waals surface area contributed by atoms with E-state index in [1.165, 1.54) is 51.6 Å². The van der Waals surface area contributed by atoms with Crippen LogP contribution in [0.5, 0.6) is 0 Å². The summed E-state index contributed by atoms with van der Waals surface area (Å²) in [5.41, 5.74) is 2.33. The Labute approximate surface area is 120 Å². The van der Waals surface area contributed by atoms with E-state index in [0.29, 0.717) is 5.41 Å². The van der Waals surface area contributed by atoms with Crippen LogP contribution in [-0.2, 0) is 0 Å². The minimum atomic E-state index is 0.532. The van der Waals surface area contributed by atoms with Crippen molar-refractivity contribution in [2.75, 3.05) is 13.1 Å². The van der Waals surface area contributed by atoms with Gasteiger partial charge in [0.1, 0.15) is 0 Å². The molecule has 1 heteroatoms. The van der Waals surface area contributed by atoms with Gasteiger partial charge in [-0.25, -0.2) is 0 Å². The van der Waals surface area contributed by atoms with Crippen LogP contribution >= 0.6 is 0 Å². The van der Waals surface area contributed by atoms with Gasteiger partial charge in [-0.2, -0.15) is 0 Å². The molecular weight excluding hydrogens is 230 g/mol. The molecule has 0 spiro atoms. The zero-order valence-electron chi connectivity index (χ0n) is 13.5. The SMILES string of the molecule is CC(C)CNCC1(C2=CCCCC2)CC(C(C)C)C1. The smallest absolute Gasteiger partial charge is 0.00455 e. The van der Waals surface area contributed by atoms with Crippen molar-refractivity contribution in [3.8, 4) is 0 Å². The fourth-order valence-electron chi connectivity index (χ4n) is 3.86. The highest BCUT2D eigenvalue weighted by Gasteiger charge is 2.46. The van der Waals surface area contributed by atoms with E-state index in [2.05, 4.69) is 39.1 Å². The molecule has 0 amide bonds. The van der Waals surface area contributed by atoms with Crippen molar-refractivity contribution in [3.05, 3.63) is 11.6 Å². The third-order valence-electron chi connectivity index (χ3n) is 5.24. The molecule has 2 rings (SSSR count). The van der Waals surface area contributed by atoms with Gasteiger partial charge in [-0.1, -0.05) is 39.3 Å². The van der Waals surface area contributed by atoms with E-state index < -0.39 is 0 Å². The lowest BCUT2D eigenvalue weighted by Gasteiger charge is -2.52. The summed E-state index contributed by atoms with van der Waals surface area (Å²) in [6.07, 6.45) is 11.0. The van der Waals surface area contributed by atoms with Crippen LogP contribution in [-0.4, -0.2) is 13.1 Å². The van der Waals surface area contributed by atoms with Gasteiger partial charge in [0.15, 0.2) is 0 Å². The molecule has 1 N–H and O–H groups in total. The van der Waals surface area contributed by atoms with Crippen LogP contribution in [0.25, 0.3) is 0 Å². The van der Waals surface area contributed by atoms with E-state index in [0.717, 1.165) is 17.8 Å². The maximum atomic E-state index is 3.74. The second-order valence-electron chi connectivity index (χ2n) is 7.69. The largest absolute Gasteiger partial charge is 0.316 e. The standard InChI is InChI=1S/C18H33N/c1-14(2)12-19-13-18(10-16(11-18)15(3)4)17-8-6-5-7-9-17/h8,14-16,19H,5-7,9-13H2,1-4H3. The van der Waals surface area contributed by atoms with Gasteiger partial charge in [-0.3, -0.25) is 0 Å². The second-order valence-corrected chi connectivity index (χ2v) is 7.69. The lowest BCUT2D eigenvalue weighted by atomic mass is 9.54. The minimum absolute atomic E-state index is 0.532. The zero-order chi connectivity index (χ0) is 13.9. The molecule has 0 atom stereocenters. The summed E-state index contributed by atoms with van der Waals surface area (Å²) >= 11 is 0. The van der Waals surface area contributed by atoms with Crippen LogP contribution in [0, 0.1) is 23.2 Å². The maximum absolute atomic E-state index is 3.74. The number of nitrogens with one attached hydrogen (secondary N) is 1. The molecule has 0 aromatic carbocycles. The number of hydrogen-bond donors (Lipinski definition) is 1. The van der Waals surface area contributed by atoms with E-state index >= 15 is 0 Å². The van der Waals surface area contributed by atoms with Crippen molar-refractivity contribution in [2.45, 2.75) is 66.2 Å². The molecule has 110 valence electrons. The number of allylic oxidation sites excluding steroid dienone is 1. The van der Waals surface area contributed by atoms with Crippen molar-refractivity contribution in [1.29, 1.82) is 0 Å². The first-order valence-electron chi connectivity index (χ1n) is 8.44. The van der Waals surface area contributed by atoms with Crippen molar-refractivity contribution in [2.24, 2.45) is 23.2 Å². The van der Waals surface area contributed by atoms with Gasteiger partial charge >= 0.3 is 0 Å². The first kappa shape index (κ1) is 15.1. The molecule has 2 aliphatic carbocycles. The zero-order valence-corrected chi connectivity index (χ0v) is 13.5. The average Bonchev–Trinajstić information content (AvgIpc) is 2.32. The molecule has 0 bridgehead atoms. The Morgan fingerprint density at radius 2 is 1.95 bits per heavy atom. The molecular formula is C18H33N. The van der Waals surface area contributed by atoms with E-state index in [4.69, 9.17) is 0 Å². The molecule has 2 aliphatic rings. The summed E-state index contributed by atoms with van der Waals surface area (Å²) in [6, 6.07) is 0. The summed E-state index contributed by atoms with van der Waals surface area (Å²) in [4.78, 5) is 0. The van der Waals surface area contributed by atoms with E-state index in [1.54, 1.807) is 5.57 Å². The molecule has 0 heterocycles. The molecule has 0 aromatic heterocycles. The Hall–Kier alpha value is -0.300. The van der Waals surface area contributed by atoms with Gasteiger partial charge in [0, 0.05) is 12.0 Å². The van der Waals surface area contributed by atoms with E-state index in [9.17, 15) is 0 Å². The van der Waals surface area contributed by atoms with E-state index in [-0.39, 0.29) is 0 Å². The van der Waals surface area contributed by atoms with Crippen LogP contribution in [0.2, 0.25) is 0 Å². The van der Waals surface area contributed by atoms with Crippen molar-refractivity contribution in [1.82, 2.24) is 5.32 Å². The van der Waals surface area contributed by atoms with Crippen molar-refractivity contribution in [3.63, 3.8) is 0 Å². The van der Waals surface area contributed by atoms with Crippen LogP contribution in [0.3, 0.4) is 0 Å². The quantitative estimate of drug-likeness (QED) is 0.680. The fraction of sp³-hybridized carbons (Fsp3) is 0.889. The van der Waals surface area contributed by atoms with Gasteiger partial charge in [0.05, 0.1) is 0 Å². The summed E-state index contributed by atoms with van der Waals surface area (Å²) < 4.78 is 0. The lowest BCUT2D eigenvalue weighted by Crippen LogP contribution is -2.48. The minimum Gasteiger partial charge on any atom is -0.316 e. The number of rotatable bonds is 6. The van der Waals surface area contributed by atoms with Gasteiger partial charge in [-0.05, 0) is 62.8 Å². The highest BCUT2D eigenvalue weighted by molar-refractivity contribution is 5.22. The molecule has 1 fully saturated rings. The predicted molar refractivity (Wildman–Crippen MR) is 84.3 cm³/mol. The molecule has 0 aromatic rings. The Kier molecular flexibility index (Phi) is 5.11. The third-order valence-corrected chi connectivity index (χ3v) is 5.24. The number of hydrogen-bond acceptors (Lipinski definition) is 1. The van der Waals surface area contributed by atoms with Gasteiger partial charge in [-0.15, -0.1) is 0 Å². The highest BCUT2D eigenvalue weighted by atomic mass is 14.9. The molecule has 0 aliphatic heterocycles. The Morgan fingerprint density at radius 1 is 1.21 bits per heavy atom. The van der Waals surface area contributed by atoms with Crippen LogP contribution < -0.4 is 5.32 Å². The molecule has 19 heavy (non-hydrogen) atoms. The Morgan fingerprint density at radius 3 is 2.47 bits per heavy atom. The molecule has 0 unspecified atom stereocenters. The monoisotopic (exact) mass is 263 g/mol. The predicted octanol–water partition coefficient (Wildman–Crippen LogP) is 4.78. The summed E-state index contributed by atoms with van der Waals surface area (Å²) in [7, 11) is 0. The van der Waals surface area contributed by atoms with Crippen LogP contribution in [0.4, 0.5) is 0 Å². The van der Waals surface area contributed by atoms with Crippen molar-refractivity contribution < 1.29 is 0 Å². The summed E-state index contributed by atoms with van der Waals surface area (Å²) in [5, 5.41) is 3.74. The Bertz CT molecular complexity index is 308. The topological polar surface area (TPSA) is 12.0 Å². The molecule has 1 saturated carbocycles. The van der Waals surface area contributed by atoms with Gasteiger partial charge < -0.3 is 5.32 Å². The Balaban J connectivity index is 1.96. The normalized spacial score (nSPS) is 31.5. The van der Waals surface area contributed by atoms with Crippen LogP contribution in [0.1, 0.15) is 66.2 Å². The van der Waals surface area contributed by atoms with Crippen molar-refractivity contribution >= 4 is 0 Å². The van der Waals surface area contributed by atoms with E-state index in [1.807, 2.05) is 0 Å². The van der Waals surface area contributed by atoms with Gasteiger partial charge in [0.2, 0.25) is 0 Å². The summed E-state index contributed by atoms with van der Waals surface area (Å²) in [5.74, 6) is 2.59. The average molecular weight is 263 g/mol. The fourth-order valence-corrected chi connectivity index (χ4v) is 3.86. The third kappa shape index (κ3) is 3.62. The maximum Gasteiger partial charge on any atom is 0.00455 e. The first-order chi connectivity index (χ1) is 9.03. The lowest BCUT2D eigenvalue weighted by molar-refractivity contribution is 0.0545. The van der Waals surface area contributed by atoms with Gasteiger partial charge in [0.25, 0.3) is 0 Å². The molecule has 1 nitrogen and oxygen atoms in total. The summed E-state index contributed by atoms with van der Waals surface area (Å²) in [6.45, 7) is 11.8. The molecule has 0 saturated heterocycles. The molecule has 0 radical (unpaired) electrons. The first-order valence-corrected chi connectivity index (χ1v) is 8.44. The second kappa shape index (κ2) is 6.43. The van der Waals surface area contributed by atoms with Crippen LogP contribution in [0.15, 0.2) is 11.6 Å². The highest BCUT2D eigenvalue weighted by Crippen LogP contribution is 2.55.